The summed E-state index contributed by atoms with van der Waals surface area (Å²) in [7, 11) is 1.58. The van der Waals surface area contributed by atoms with Gasteiger partial charge < -0.3 is 19.9 Å². The Morgan fingerprint density at radius 2 is 2.33 bits per heavy atom. The zero-order valence-electron chi connectivity index (χ0n) is 9.90. The average molecular weight is 316 g/mol. The van der Waals surface area contributed by atoms with Crippen LogP contribution in [-0.4, -0.2) is 37.9 Å². The molecular formula is C12H14BrNO4. The molecule has 6 heteroatoms. The highest BCUT2D eigenvalue weighted by atomic mass is 79.9. The molecule has 1 heterocycles. The highest BCUT2D eigenvalue weighted by Gasteiger charge is 2.46. The van der Waals surface area contributed by atoms with Crippen LogP contribution in [0.25, 0.3) is 0 Å². The fourth-order valence-electron chi connectivity index (χ4n) is 1.73. The van der Waals surface area contributed by atoms with Crippen LogP contribution in [0.5, 0.6) is 5.75 Å². The molecule has 1 aliphatic heterocycles. The Hall–Kier alpha value is -1.27. The Morgan fingerprint density at radius 3 is 2.83 bits per heavy atom. The van der Waals surface area contributed by atoms with Crippen LogP contribution >= 0.6 is 15.9 Å². The van der Waals surface area contributed by atoms with E-state index in [2.05, 4.69) is 21.2 Å². The predicted octanol–water partition coefficient (Wildman–Crippen LogP) is 1.97. The molecule has 2 rings (SSSR count). The third-order valence-electron chi connectivity index (χ3n) is 2.99. The third kappa shape index (κ3) is 2.44. The molecule has 1 fully saturated rings. The highest BCUT2D eigenvalue weighted by molar-refractivity contribution is 9.10. The van der Waals surface area contributed by atoms with Gasteiger partial charge in [0.25, 0.3) is 0 Å². The molecular weight excluding hydrogens is 302 g/mol. The molecule has 0 amide bonds. The number of hydrogen-bond acceptors (Lipinski definition) is 4. The summed E-state index contributed by atoms with van der Waals surface area (Å²) in [5.41, 5.74) is -0.0627. The van der Waals surface area contributed by atoms with Gasteiger partial charge in [0.1, 0.15) is 11.2 Å². The molecule has 1 aromatic rings. The van der Waals surface area contributed by atoms with Gasteiger partial charge in [-0.15, -0.1) is 0 Å². The Kier molecular flexibility index (Phi) is 3.77. The molecule has 1 aliphatic rings. The molecule has 0 bridgehead atoms. The van der Waals surface area contributed by atoms with Gasteiger partial charge >= 0.3 is 5.97 Å². The minimum Gasteiger partial charge on any atom is -0.495 e. The molecule has 0 spiro atoms. The van der Waals surface area contributed by atoms with Crippen LogP contribution in [0.3, 0.4) is 0 Å². The standard InChI is InChI=1S/C12H14BrNO4/c1-17-10-3-2-8(13)4-9(10)14-5-12(11(15)16)6-18-7-12/h2-4,14H,5-7H2,1H3,(H,15,16). The third-order valence-corrected chi connectivity index (χ3v) is 3.48. The van der Waals surface area contributed by atoms with Gasteiger partial charge in [-0.25, -0.2) is 0 Å². The number of aliphatic carboxylic acids is 1. The number of ether oxygens (including phenoxy) is 2. The number of benzene rings is 1. The molecule has 1 saturated heterocycles. The fraction of sp³-hybridized carbons (Fsp3) is 0.417. The summed E-state index contributed by atoms with van der Waals surface area (Å²) in [6.45, 7) is 0.798. The van der Waals surface area contributed by atoms with Crippen molar-refractivity contribution < 1.29 is 19.4 Å². The van der Waals surface area contributed by atoms with Crippen molar-refractivity contribution >= 4 is 27.6 Å². The Labute approximate surface area is 113 Å². The first kappa shape index (κ1) is 13.2. The van der Waals surface area contributed by atoms with Crippen molar-refractivity contribution in [2.24, 2.45) is 5.41 Å². The number of methoxy groups -OCH3 is 1. The van der Waals surface area contributed by atoms with Gasteiger partial charge in [-0.3, -0.25) is 4.79 Å². The van der Waals surface area contributed by atoms with E-state index in [1.54, 1.807) is 7.11 Å². The number of anilines is 1. The summed E-state index contributed by atoms with van der Waals surface area (Å²) >= 11 is 3.37. The molecule has 98 valence electrons. The van der Waals surface area contributed by atoms with E-state index < -0.39 is 11.4 Å². The van der Waals surface area contributed by atoms with Crippen molar-refractivity contribution in [2.75, 3.05) is 32.2 Å². The van der Waals surface area contributed by atoms with Crippen LogP contribution in [-0.2, 0) is 9.53 Å². The molecule has 2 N–H and O–H groups in total. The average Bonchev–Trinajstić information content (AvgIpc) is 2.27. The summed E-state index contributed by atoms with van der Waals surface area (Å²) in [5.74, 6) is -0.158. The van der Waals surface area contributed by atoms with Crippen molar-refractivity contribution in [3.8, 4) is 5.75 Å². The zero-order valence-corrected chi connectivity index (χ0v) is 11.5. The van der Waals surface area contributed by atoms with Crippen LogP contribution in [0.1, 0.15) is 0 Å². The highest BCUT2D eigenvalue weighted by Crippen LogP contribution is 2.32. The number of nitrogens with one attached hydrogen (secondary N) is 1. The molecule has 18 heavy (non-hydrogen) atoms. The van der Waals surface area contributed by atoms with E-state index >= 15 is 0 Å². The first-order valence-corrected chi connectivity index (χ1v) is 6.25. The fourth-order valence-corrected chi connectivity index (χ4v) is 2.09. The van der Waals surface area contributed by atoms with E-state index in [0.29, 0.717) is 12.3 Å². The Balaban J connectivity index is 2.10. The largest absolute Gasteiger partial charge is 0.495 e. The van der Waals surface area contributed by atoms with E-state index in [9.17, 15) is 9.90 Å². The monoisotopic (exact) mass is 315 g/mol. The summed E-state index contributed by atoms with van der Waals surface area (Å²) in [6, 6.07) is 5.54. The van der Waals surface area contributed by atoms with Gasteiger partial charge in [0, 0.05) is 11.0 Å². The number of rotatable bonds is 5. The first-order valence-electron chi connectivity index (χ1n) is 5.46. The Bertz CT molecular complexity index is 459. The molecule has 0 unspecified atom stereocenters. The minimum atomic E-state index is -0.838. The SMILES string of the molecule is COc1ccc(Br)cc1NCC1(C(=O)O)COC1. The van der Waals surface area contributed by atoms with Gasteiger partial charge in [0.2, 0.25) is 0 Å². The summed E-state index contributed by atoms with van der Waals surface area (Å²) in [5, 5.41) is 12.3. The van der Waals surface area contributed by atoms with Crippen molar-refractivity contribution in [3.05, 3.63) is 22.7 Å². The van der Waals surface area contributed by atoms with Crippen LogP contribution in [0.15, 0.2) is 22.7 Å². The second-order valence-corrected chi connectivity index (χ2v) is 5.19. The van der Waals surface area contributed by atoms with Gasteiger partial charge in [-0.05, 0) is 18.2 Å². The molecule has 5 nitrogen and oxygen atoms in total. The van der Waals surface area contributed by atoms with Crippen molar-refractivity contribution in [2.45, 2.75) is 0 Å². The zero-order chi connectivity index (χ0) is 13.2. The predicted molar refractivity (Wildman–Crippen MR) is 70.1 cm³/mol. The van der Waals surface area contributed by atoms with Gasteiger partial charge in [-0.2, -0.15) is 0 Å². The number of carboxylic acid groups (broad SMARTS) is 1. The first-order chi connectivity index (χ1) is 8.57. The summed E-state index contributed by atoms with van der Waals surface area (Å²) < 4.78 is 11.1. The maximum absolute atomic E-state index is 11.2. The van der Waals surface area contributed by atoms with Crippen molar-refractivity contribution in [1.29, 1.82) is 0 Å². The maximum atomic E-state index is 11.2. The number of carboxylic acids is 1. The molecule has 0 aliphatic carbocycles. The number of hydrogen-bond donors (Lipinski definition) is 2. The van der Waals surface area contributed by atoms with E-state index in [0.717, 1.165) is 10.2 Å². The minimum absolute atomic E-state index is 0.242. The summed E-state index contributed by atoms with van der Waals surface area (Å²) in [6.07, 6.45) is 0. The lowest BCUT2D eigenvalue weighted by Crippen LogP contribution is -2.53. The summed E-state index contributed by atoms with van der Waals surface area (Å²) in [4.78, 5) is 11.2. The molecule has 0 aromatic heterocycles. The molecule has 0 saturated carbocycles. The van der Waals surface area contributed by atoms with Crippen molar-refractivity contribution in [1.82, 2.24) is 0 Å². The van der Waals surface area contributed by atoms with E-state index in [1.165, 1.54) is 0 Å². The lowest BCUT2D eigenvalue weighted by Gasteiger charge is -2.37. The molecule has 0 radical (unpaired) electrons. The quantitative estimate of drug-likeness (QED) is 0.869. The lowest BCUT2D eigenvalue weighted by atomic mass is 9.86. The van der Waals surface area contributed by atoms with Crippen molar-refractivity contribution in [3.63, 3.8) is 0 Å². The second kappa shape index (κ2) is 5.16. The van der Waals surface area contributed by atoms with Gasteiger partial charge in [0.15, 0.2) is 0 Å². The smallest absolute Gasteiger partial charge is 0.316 e. The van der Waals surface area contributed by atoms with E-state index in [4.69, 9.17) is 9.47 Å². The van der Waals surface area contributed by atoms with E-state index in [-0.39, 0.29) is 13.2 Å². The Morgan fingerprint density at radius 1 is 1.61 bits per heavy atom. The van der Waals surface area contributed by atoms with Gasteiger partial charge in [-0.1, -0.05) is 15.9 Å². The second-order valence-electron chi connectivity index (χ2n) is 4.28. The number of carbonyl (C=O) groups is 1. The number of halogens is 1. The maximum Gasteiger partial charge on any atom is 0.316 e. The normalized spacial score (nSPS) is 16.8. The van der Waals surface area contributed by atoms with Crippen LogP contribution in [0.4, 0.5) is 5.69 Å². The topological polar surface area (TPSA) is 67.8 Å². The lowest BCUT2D eigenvalue weighted by molar-refractivity contribution is -0.176. The van der Waals surface area contributed by atoms with E-state index in [1.807, 2.05) is 18.2 Å². The van der Waals surface area contributed by atoms with Crippen LogP contribution in [0.2, 0.25) is 0 Å². The van der Waals surface area contributed by atoms with Crippen LogP contribution in [0, 0.1) is 5.41 Å². The van der Waals surface area contributed by atoms with Gasteiger partial charge in [0.05, 0.1) is 26.0 Å². The molecule has 1 aromatic carbocycles. The molecule has 0 atom stereocenters. The van der Waals surface area contributed by atoms with Crippen LogP contribution < -0.4 is 10.1 Å².